The Balaban J connectivity index is 1.64. The van der Waals surface area contributed by atoms with Crippen molar-refractivity contribution in [2.45, 2.75) is 26.0 Å². The van der Waals surface area contributed by atoms with Crippen molar-refractivity contribution in [3.05, 3.63) is 77.5 Å². The minimum Gasteiger partial charge on any atom is -0.311 e. The highest BCUT2D eigenvalue weighted by molar-refractivity contribution is 5.81. The van der Waals surface area contributed by atoms with Gasteiger partial charge in [-0.2, -0.15) is 0 Å². The number of carbonyl (C=O) groups excluding carboxylic acids is 2. The van der Waals surface area contributed by atoms with Gasteiger partial charge in [-0.3, -0.25) is 14.4 Å². The molecule has 2 amide bonds. The summed E-state index contributed by atoms with van der Waals surface area (Å²) >= 11 is 0. The molecule has 2 aromatic carbocycles. The van der Waals surface area contributed by atoms with E-state index < -0.39 is 0 Å². The number of benzene rings is 2. The molecule has 128 valence electrons. The van der Waals surface area contributed by atoms with E-state index in [1.165, 1.54) is 6.92 Å². The highest BCUT2D eigenvalue weighted by Crippen LogP contribution is 2.32. The fourth-order valence-electron chi connectivity index (χ4n) is 2.90. The van der Waals surface area contributed by atoms with Gasteiger partial charge in [0.15, 0.2) is 0 Å². The SMILES string of the molecule is CC(=O)N1C=Cc2ccccc2[C@@H]1CC(=O)NOCc1ccccc1. The largest absolute Gasteiger partial charge is 0.311 e. The second-order valence-electron chi connectivity index (χ2n) is 5.89. The van der Waals surface area contributed by atoms with Crippen LogP contribution in [0.5, 0.6) is 0 Å². The molecule has 1 atom stereocenters. The van der Waals surface area contributed by atoms with Crippen molar-refractivity contribution in [3.8, 4) is 0 Å². The monoisotopic (exact) mass is 336 g/mol. The molecule has 5 heteroatoms. The van der Waals surface area contributed by atoms with Crippen molar-refractivity contribution in [2.75, 3.05) is 0 Å². The lowest BCUT2D eigenvalue weighted by Crippen LogP contribution is -2.35. The van der Waals surface area contributed by atoms with Gasteiger partial charge in [0, 0.05) is 13.1 Å². The van der Waals surface area contributed by atoms with Crippen LogP contribution in [0.1, 0.15) is 36.1 Å². The number of hydrogen-bond donors (Lipinski definition) is 1. The second-order valence-corrected chi connectivity index (χ2v) is 5.89. The maximum Gasteiger partial charge on any atom is 0.245 e. The third-order valence-corrected chi connectivity index (χ3v) is 4.12. The Hall–Kier alpha value is -2.92. The summed E-state index contributed by atoms with van der Waals surface area (Å²) < 4.78 is 0. The summed E-state index contributed by atoms with van der Waals surface area (Å²) in [6, 6.07) is 17.0. The quantitative estimate of drug-likeness (QED) is 0.853. The van der Waals surface area contributed by atoms with Gasteiger partial charge in [0.05, 0.1) is 19.1 Å². The first-order valence-corrected chi connectivity index (χ1v) is 8.16. The maximum atomic E-state index is 12.3. The minimum absolute atomic E-state index is 0.103. The van der Waals surface area contributed by atoms with E-state index in [1.807, 2.05) is 60.7 Å². The first-order chi connectivity index (χ1) is 12.1. The molecule has 1 heterocycles. The molecule has 0 bridgehead atoms. The predicted octanol–water partition coefficient (Wildman–Crippen LogP) is 3.20. The maximum absolute atomic E-state index is 12.3. The number of carbonyl (C=O) groups is 2. The summed E-state index contributed by atoms with van der Waals surface area (Å²) in [5.74, 6) is -0.369. The van der Waals surface area contributed by atoms with E-state index in [0.717, 1.165) is 16.7 Å². The molecule has 2 aromatic rings. The highest BCUT2D eigenvalue weighted by atomic mass is 16.6. The lowest BCUT2D eigenvalue weighted by Gasteiger charge is -2.32. The van der Waals surface area contributed by atoms with Crippen molar-refractivity contribution < 1.29 is 14.4 Å². The predicted molar refractivity (Wildman–Crippen MR) is 94.7 cm³/mol. The molecule has 0 saturated carbocycles. The van der Waals surface area contributed by atoms with Crippen molar-refractivity contribution in [3.63, 3.8) is 0 Å². The van der Waals surface area contributed by atoms with Gasteiger partial charge in [-0.15, -0.1) is 0 Å². The average molecular weight is 336 g/mol. The Morgan fingerprint density at radius 1 is 1.08 bits per heavy atom. The fourth-order valence-corrected chi connectivity index (χ4v) is 2.90. The van der Waals surface area contributed by atoms with Gasteiger partial charge in [-0.25, -0.2) is 5.48 Å². The number of nitrogens with zero attached hydrogens (tertiary/aromatic N) is 1. The third kappa shape index (κ3) is 4.14. The molecule has 0 aromatic heterocycles. The average Bonchev–Trinajstić information content (AvgIpc) is 2.62. The van der Waals surface area contributed by atoms with Crippen LogP contribution in [0.3, 0.4) is 0 Å². The number of rotatable bonds is 5. The summed E-state index contributed by atoms with van der Waals surface area (Å²) in [6.07, 6.45) is 3.75. The van der Waals surface area contributed by atoms with Crippen LogP contribution in [-0.2, 0) is 21.0 Å². The number of hydrogen-bond acceptors (Lipinski definition) is 3. The molecule has 3 rings (SSSR count). The Morgan fingerprint density at radius 2 is 1.80 bits per heavy atom. The van der Waals surface area contributed by atoms with Crippen molar-refractivity contribution in [2.24, 2.45) is 0 Å². The Bertz CT molecular complexity index is 787. The molecular formula is C20H20N2O3. The smallest absolute Gasteiger partial charge is 0.245 e. The molecule has 0 unspecified atom stereocenters. The number of hydroxylamine groups is 1. The zero-order chi connectivity index (χ0) is 17.6. The normalized spacial score (nSPS) is 15.6. The summed E-state index contributed by atoms with van der Waals surface area (Å²) in [7, 11) is 0. The molecule has 1 N–H and O–H groups in total. The topological polar surface area (TPSA) is 58.6 Å². The molecule has 25 heavy (non-hydrogen) atoms. The number of fused-ring (bicyclic) bond motifs is 1. The van der Waals surface area contributed by atoms with Crippen LogP contribution < -0.4 is 5.48 Å². The minimum atomic E-state index is -0.334. The van der Waals surface area contributed by atoms with Crippen LogP contribution in [0.25, 0.3) is 6.08 Å². The summed E-state index contributed by atoms with van der Waals surface area (Å²) in [5, 5.41) is 0. The Morgan fingerprint density at radius 3 is 2.56 bits per heavy atom. The van der Waals surface area contributed by atoms with Gasteiger partial charge in [0.25, 0.3) is 0 Å². The molecule has 1 aliphatic rings. The summed E-state index contributed by atoms with van der Waals surface area (Å²) in [6.45, 7) is 1.79. The van der Waals surface area contributed by atoms with Gasteiger partial charge in [-0.1, -0.05) is 54.6 Å². The van der Waals surface area contributed by atoms with E-state index >= 15 is 0 Å². The lowest BCUT2D eigenvalue weighted by molar-refractivity contribution is -0.137. The molecule has 0 fully saturated rings. The first kappa shape index (κ1) is 16.9. The van der Waals surface area contributed by atoms with Crippen LogP contribution in [0.4, 0.5) is 0 Å². The van der Waals surface area contributed by atoms with Gasteiger partial charge < -0.3 is 4.90 Å². The highest BCUT2D eigenvalue weighted by Gasteiger charge is 2.28. The van der Waals surface area contributed by atoms with E-state index in [0.29, 0.717) is 6.61 Å². The molecule has 0 radical (unpaired) electrons. The summed E-state index contributed by atoms with van der Waals surface area (Å²) in [4.78, 5) is 31.1. The van der Waals surface area contributed by atoms with E-state index in [4.69, 9.17) is 4.84 Å². The van der Waals surface area contributed by atoms with Crippen LogP contribution in [0.15, 0.2) is 60.8 Å². The lowest BCUT2D eigenvalue weighted by atomic mass is 9.93. The van der Waals surface area contributed by atoms with Gasteiger partial charge >= 0.3 is 0 Å². The van der Waals surface area contributed by atoms with Crippen molar-refractivity contribution >= 4 is 17.9 Å². The zero-order valence-electron chi connectivity index (χ0n) is 14.0. The van der Waals surface area contributed by atoms with Gasteiger partial charge in [0.1, 0.15) is 0 Å². The van der Waals surface area contributed by atoms with Crippen LogP contribution in [0, 0.1) is 0 Å². The van der Waals surface area contributed by atoms with Crippen LogP contribution in [-0.4, -0.2) is 16.7 Å². The van der Waals surface area contributed by atoms with E-state index in [9.17, 15) is 9.59 Å². The molecule has 0 aliphatic carbocycles. The molecule has 0 saturated heterocycles. The molecule has 0 spiro atoms. The van der Waals surface area contributed by atoms with Crippen LogP contribution >= 0.6 is 0 Å². The van der Waals surface area contributed by atoms with E-state index in [-0.39, 0.29) is 24.3 Å². The van der Waals surface area contributed by atoms with E-state index in [1.54, 1.807) is 11.1 Å². The molecule has 1 aliphatic heterocycles. The van der Waals surface area contributed by atoms with Crippen molar-refractivity contribution in [1.29, 1.82) is 0 Å². The fraction of sp³-hybridized carbons (Fsp3) is 0.200. The van der Waals surface area contributed by atoms with Crippen molar-refractivity contribution in [1.82, 2.24) is 10.4 Å². The third-order valence-electron chi connectivity index (χ3n) is 4.12. The first-order valence-electron chi connectivity index (χ1n) is 8.16. The Labute approximate surface area is 146 Å². The van der Waals surface area contributed by atoms with E-state index in [2.05, 4.69) is 5.48 Å². The number of amides is 2. The van der Waals surface area contributed by atoms with Crippen LogP contribution in [0.2, 0.25) is 0 Å². The van der Waals surface area contributed by atoms with Gasteiger partial charge in [-0.05, 0) is 22.8 Å². The Kier molecular flexibility index (Phi) is 5.26. The number of nitrogens with one attached hydrogen (secondary N) is 1. The molecule has 5 nitrogen and oxygen atoms in total. The zero-order valence-corrected chi connectivity index (χ0v) is 14.0. The second kappa shape index (κ2) is 7.77. The van der Waals surface area contributed by atoms with Gasteiger partial charge in [0.2, 0.25) is 11.8 Å². The standard InChI is InChI=1S/C20H20N2O3/c1-15(23)22-12-11-17-9-5-6-10-18(17)19(22)13-20(24)21-25-14-16-7-3-2-4-8-16/h2-12,19H,13-14H2,1H3,(H,21,24)/t19-/m0/s1. The summed E-state index contributed by atoms with van der Waals surface area (Å²) in [5.41, 5.74) is 5.41. The molecular weight excluding hydrogens is 316 g/mol.